The first-order chi connectivity index (χ1) is 9.33. The molecule has 19 heavy (non-hydrogen) atoms. The van der Waals surface area contributed by atoms with Crippen molar-refractivity contribution in [1.29, 1.82) is 0 Å². The van der Waals surface area contributed by atoms with Crippen LogP contribution in [0, 0.1) is 0 Å². The summed E-state index contributed by atoms with van der Waals surface area (Å²) in [5.74, 6) is 1.47. The molecule has 5 heteroatoms. The fourth-order valence-electron chi connectivity index (χ4n) is 2.46. The van der Waals surface area contributed by atoms with Crippen LogP contribution in [-0.2, 0) is 0 Å². The van der Waals surface area contributed by atoms with E-state index in [1.807, 2.05) is 0 Å². The summed E-state index contributed by atoms with van der Waals surface area (Å²) in [6, 6.07) is 0. The number of hydrogen-bond acceptors (Lipinski definition) is 3. The van der Waals surface area contributed by atoms with Crippen molar-refractivity contribution in [3.63, 3.8) is 0 Å². The third-order valence-electron chi connectivity index (χ3n) is 3.79. The quantitative estimate of drug-likeness (QED) is 0.798. The van der Waals surface area contributed by atoms with Crippen LogP contribution in [-0.4, -0.2) is 27.6 Å². The number of carbonyl (C=O) groups excluding carboxylic acids is 1. The van der Waals surface area contributed by atoms with Crippen molar-refractivity contribution in [2.75, 3.05) is 6.54 Å². The lowest BCUT2D eigenvalue weighted by molar-refractivity contribution is 0.0944. The normalized spacial score (nSPS) is 19.1. The number of carbonyl (C=O) groups is 1. The van der Waals surface area contributed by atoms with Crippen molar-refractivity contribution >= 4 is 5.91 Å². The summed E-state index contributed by atoms with van der Waals surface area (Å²) in [4.78, 5) is 16.1. The molecule has 0 bridgehead atoms. The molecule has 5 nitrogen and oxygen atoms in total. The molecule has 0 spiro atoms. The first-order valence-electron chi connectivity index (χ1n) is 7.21. The van der Waals surface area contributed by atoms with Crippen LogP contribution in [0.4, 0.5) is 0 Å². The monoisotopic (exact) mass is 260 g/mol. The van der Waals surface area contributed by atoms with Crippen molar-refractivity contribution in [3.05, 3.63) is 23.3 Å². The largest absolute Gasteiger partial charge is 0.349 e. The second kappa shape index (κ2) is 5.55. The Morgan fingerprint density at radius 3 is 3.05 bits per heavy atom. The van der Waals surface area contributed by atoms with Gasteiger partial charge in [-0.15, -0.1) is 5.10 Å². The highest BCUT2D eigenvalue weighted by Gasteiger charge is 2.28. The predicted molar refractivity (Wildman–Crippen MR) is 71.9 cm³/mol. The van der Waals surface area contributed by atoms with Gasteiger partial charge in [-0.1, -0.05) is 11.6 Å². The average Bonchev–Trinajstić information content (AvgIpc) is 3.17. The second-order valence-electron chi connectivity index (χ2n) is 5.43. The summed E-state index contributed by atoms with van der Waals surface area (Å²) < 4.78 is 0. The van der Waals surface area contributed by atoms with Gasteiger partial charge in [-0.05, 0) is 44.9 Å². The van der Waals surface area contributed by atoms with E-state index >= 15 is 0 Å². The molecule has 0 unspecified atom stereocenters. The minimum absolute atomic E-state index is 0.167. The van der Waals surface area contributed by atoms with E-state index in [1.165, 1.54) is 31.3 Å². The predicted octanol–water partition coefficient (Wildman–Crippen LogP) is 2.30. The Hall–Kier alpha value is -1.65. The summed E-state index contributed by atoms with van der Waals surface area (Å²) in [5, 5.41) is 9.73. The molecule has 2 aliphatic carbocycles. The van der Waals surface area contributed by atoms with Gasteiger partial charge in [0.15, 0.2) is 0 Å². The van der Waals surface area contributed by atoms with Crippen LogP contribution >= 0.6 is 0 Å². The van der Waals surface area contributed by atoms with Crippen LogP contribution in [0.3, 0.4) is 0 Å². The number of rotatable bonds is 5. The molecular weight excluding hydrogens is 240 g/mol. The fraction of sp³-hybridized carbons (Fsp3) is 0.643. The van der Waals surface area contributed by atoms with Crippen molar-refractivity contribution in [2.45, 2.75) is 50.9 Å². The van der Waals surface area contributed by atoms with E-state index in [4.69, 9.17) is 0 Å². The maximum absolute atomic E-state index is 11.9. The molecule has 0 radical (unpaired) electrons. The number of aromatic nitrogens is 3. The zero-order chi connectivity index (χ0) is 13.1. The first kappa shape index (κ1) is 12.4. The standard InChI is InChI=1S/C14H20N4O/c19-14(13-16-12(17-18-13)11-6-7-11)15-9-8-10-4-2-1-3-5-10/h4,11H,1-3,5-9H2,(H,15,19)(H,16,17,18). The molecule has 0 aromatic carbocycles. The van der Waals surface area contributed by atoms with Gasteiger partial charge in [-0.25, -0.2) is 4.98 Å². The summed E-state index contributed by atoms with van der Waals surface area (Å²) in [6.45, 7) is 0.679. The molecule has 1 fully saturated rings. The van der Waals surface area contributed by atoms with E-state index in [0.29, 0.717) is 12.5 Å². The zero-order valence-corrected chi connectivity index (χ0v) is 11.1. The van der Waals surface area contributed by atoms with Gasteiger partial charge in [0.2, 0.25) is 5.82 Å². The fourth-order valence-corrected chi connectivity index (χ4v) is 2.46. The molecule has 1 saturated carbocycles. The third kappa shape index (κ3) is 3.22. The van der Waals surface area contributed by atoms with Gasteiger partial charge in [-0.2, -0.15) is 0 Å². The second-order valence-corrected chi connectivity index (χ2v) is 5.43. The summed E-state index contributed by atoms with van der Waals surface area (Å²) in [5.41, 5.74) is 1.47. The third-order valence-corrected chi connectivity index (χ3v) is 3.79. The summed E-state index contributed by atoms with van der Waals surface area (Å²) in [6.07, 6.45) is 10.5. The Morgan fingerprint density at radius 1 is 1.42 bits per heavy atom. The Labute approximate surface area is 112 Å². The molecule has 0 saturated heterocycles. The van der Waals surface area contributed by atoms with Crippen molar-refractivity contribution < 1.29 is 4.79 Å². The number of nitrogens with one attached hydrogen (secondary N) is 2. The number of hydrogen-bond donors (Lipinski definition) is 2. The lowest BCUT2D eigenvalue weighted by atomic mass is 9.97. The summed E-state index contributed by atoms with van der Waals surface area (Å²) >= 11 is 0. The smallest absolute Gasteiger partial charge is 0.290 e. The molecule has 2 aliphatic rings. The molecule has 0 atom stereocenters. The van der Waals surface area contributed by atoms with Gasteiger partial charge >= 0.3 is 0 Å². The number of amides is 1. The molecule has 102 valence electrons. The van der Waals surface area contributed by atoms with Gasteiger partial charge in [0.25, 0.3) is 5.91 Å². The average molecular weight is 260 g/mol. The van der Waals surface area contributed by atoms with Crippen molar-refractivity contribution in [2.24, 2.45) is 0 Å². The molecular formula is C14H20N4O. The van der Waals surface area contributed by atoms with E-state index in [9.17, 15) is 4.79 Å². The van der Waals surface area contributed by atoms with Crippen LogP contribution < -0.4 is 5.32 Å². The van der Waals surface area contributed by atoms with Gasteiger partial charge in [0.1, 0.15) is 5.82 Å². The molecule has 1 amide bonds. The van der Waals surface area contributed by atoms with E-state index < -0.39 is 0 Å². The van der Waals surface area contributed by atoms with Crippen molar-refractivity contribution in [3.8, 4) is 0 Å². The topological polar surface area (TPSA) is 70.7 Å². The SMILES string of the molecule is O=C(NCCC1=CCCCC1)c1n[nH]c(C2CC2)n1. The molecule has 0 aliphatic heterocycles. The lowest BCUT2D eigenvalue weighted by Crippen LogP contribution is -2.26. The Bertz CT molecular complexity index is 487. The van der Waals surface area contributed by atoms with Crippen LogP contribution in [0.2, 0.25) is 0 Å². The van der Waals surface area contributed by atoms with Gasteiger partial charge in [-0.3, -0.25) is 9.89 Å². The van der Waals surface area contributed by atoms with Crippen LogP contribution in [0.1, 0.15) is 67.3 Å². The highest BCUT2D eigenvalue weighted by atomic mass is 16.2. The Kier molecular flexibility index (Phi) is 3.62. The van der Waals surface area contributed by atoms with E-state index in [2.05, 4.69) is 26.6 Å². The number of nitrogens with zero attached hydrogens (tertiary/aromatic N) is 2. The Morgan fingerprint density at radius 2 is 2.32 bits per heavy atom. The number of allylic oxidation sites excluding steroid dienone is 1. The maximum atomic E-state index is 11.9. The zero-order valence-electron chi connectivity index (χ0n) is 11.1. The highest BCUT2D eigenvalue weighted by molar-refractivity contribution is 5.90. The molecule has 2 N–H and O–H groups in total. The van der Waals surface area contributed by atoms with E-state index in [1.54, 1.807) is 0 Å². The first-order valence-corrected chi connectivity index (χ1v) is 7.21. The Balaban J connectivity index is 1.46. The minimum atomic E-state index is -0.167. The minimum Gasteiger partial charge on any atom is -0.349 e. The molecule has 1 aromatic heterocycles. The molecule has 1 heterocycles. The van der Waals surface area contributed by atoms with Gasteiger partial charge in [0.05, 0.1) is 0 Å². The molecule has 1 aromatic rings. The number of aromatic amines is 1. The van der Waals surface area contributed by atoms with Crippen molar-refractivity contribution in [1.82, 2.24) is 20.5 Å². The summed E-state index contributed by atoms with van der Waals surface area (Å²) in [7, 11) is 0. The lowest BCUT2D eigenvalue weighted by Gasteiger charge is -2.12. The van der Waals surface area contributed by atoms with Crippen LogP contribution in [0.25, 0.3) is 0 Å². The van der Waals surface area contributed by atoms with Crippen LogP contribution in [0.15, 0.2) is 11.6 Å². The van der Waals surface area contributed by atoms with Gasteiger partial charge < -0.3 is 5.32 Å². The van der Waals surface area contributed by atoms with Crippen LogP contribution in [0.5, 0.6) is 0 Å². The number of H-pyrrole nitrogens is 1. The highest BCUT2D eigenvalue weighted by Crippen LogP contribution is 2.37. The van der Waals surface area contributed by atoms with E-state index in [-0.39, 0.29) is 11.7 Å². The van der Waals surface area contributed by atoms with Gasteiger partial charge in [0, 0.05) is 12.5 Å². The van der Waals surface area contributed by atoms with E-state index in [0.717, 1.165) is 25.1 Å². The molecule has 3 rings (SSSR count). The maximum Gasteiger partial charge on any atom is 0.290 e.